The number of aromatic nitrogens is 1. The maximum absolute atomic E-state index is 11.2. The van der Waals surface area contributed by atoms with E-state index >= 15 is 0 Å². The first-order valence-electron chi connectivity index (χ1n) is 4.37. The molecule has 0 bridgehead atoms. The highest BCUT2D eigenvalue weighted by Gasteiger charge is 2.00. The molecule has 0 aliphatic carbocycles. The number of halogens is 1. The largest absolute Gasteiger partial charge is 0.338 e. The van der Waals surface area contributed by atoms with E-state index in [2.05, 4.69) is 31.5 Å². The van der Waals surface area contributed by atoms with Gasteiger partial charge in [-0.3, -0.25) is 4.98 Å². The number of carbonyl (C=O) groups excluding carboxylic acids is 1. The first-order chi connectivity index (χ1) is 6.72. The van der Waals surface area contributed by atoms with E-state index in [9.17, 15) is 4.79 Å². The topological polar surface area (TPSA) is 54.0 Å². The summed E-state index contributed by atoms with van der Waals surface area (Å²) in [4.78, 5) is 15.1. The highest BCUT2D eigenvalue weighted by molar-refractivity contribution is 9.10. The SMILES string of the molecule is CCCNC(=O)Nc1cncc(Br)c1. The lowest BCUT2D eigenvalue weighted by Gasteiger charge is -2.05. The molecule has 0 unspecified atom stereocenters. The summed E-state index contributed by atoms with van der Waals surface area (Å²) in [7, 11) is 0. The van der Waals surface area contributed by atoms with Crippen molar-refractivity contribution in [2.75, 3.05) is 11.9 Å². The van der Waals surface area contributed by atoms with Crippen LogP contribution in [-0.4, -0.2) is 17.6 Å². The molecule has 0 aromatic carbocycles. The van der Waals surface area contributed by atoms with Gasteiger partial charge in [-0.2, -0.15) is 0 Å². The summed E-state index contributed by atoms with van der Waals surface area (Å²) in [5.74, 6) is 0. The number of amides is 2. The van der Waals surface area contributed by atoms with Crippen molar-refractivity contribution in [2.24, 2.45) is 0 Å². The van der Waals surface area contributed by atoms with Crippen LogP contribution in [0.15, 0.2) is 22.9 Å². The van der Waals surface area contributed by atoms with E-state index in [1.165, 1.54) is 0 Å². The molecule has 1 heterocycles. The number of urea groups is 1. The molecule has 0 aliphatic rings. The molecule has 2 N–H and O–H groups in total. The third-order valence-electron chi connectivity index (χ3n) is 1.50. The lowest BCUT2D eigenvalue weighted by molar-refractivity contribution is 0.252. The van der Waals surface area contributed by atoms with Gasteiger partial charge in [-0.25, -0.2) is 4.79 Å². The van der Waals surface area contributed by atoms with Gasteiger partial charge >= 0.3 is 6.03 Å². The van der Waals surface area contributed by atoms with Gasteiger partial charge < -0.3 is 10.6 Å². The molecule has 0 saturated heterocycles. The van der Waals surface area contributed by atoms with Crippen LogP contribution in [0.25, 0.3) is 0 Å². The maximum atomic E-state index is 11.2. The minimum absolute atomic E-state index is 0.202. The molecule has 4 nitrogen and oxygen atoms in total. The van der Waals surface area contributed by atoms with Gasteiger partial charge in [-0.15, -0.1) is 0 Å². The summed E-state index contributed by atoms with van der Waals surface area (Å²) in [6.07, 6.45) is 4.18. The first-order valence-corrected chi connectivity index (χ1v) is 5.17. The van der Waals surface area contributed by atoms with Crippen molar-refractivity contribution in [3.05, 3.63) is 22.9 Å². The molecule has 0 spiro atoms. The molecule has 14 heavy (non-hydrogen) atoms. The van der Waals surface area contributed by atoms with E-state index in [0.29, 0.717) is 12.2 Å². The Kier molecular flexibility index (Phi) is 4.39. The Balaban J connectivity index is 2.47. The van der Waals surface area contributed by atoms with Crippen molar-refractivity contribution >= 4 is 27.6 Å². The summed E-state index contributed by atoms with van der Waals surface area (Å²) in [5, 5.41) is 5.38. The fourth-order valence-corrected chi connectivity index (χ4v) is 1.26. The number of carbonyl (C=O) groups is 1. The number of nitrogens with zero attached hydrogens (tertiary/aromatic N) is 1. The molecule has 76 valence electrons. The average molecular weight is 258 g/mol. The normalized spacial score (nSPS) is 9.57. The van der Waals surface area contributed by atoms with E-state index < -0.39 is 0 Å². The van der Waals surface area contributed by atoms with E-state index in [-0.39, 0.29) is 6.03 Å². The summed E-state index contributed by atoms with van der Waals surface area (Å²) >= 11 is 3.27. The second kappa shape index (κ2) is 5.59. The van der Waals surface area contributed by atoms with Gasteiger partial charge in [0.25, 0.3) is 0 Å². The Morgan fingerprint density at radius 3 is 3.00 bits per heavy atom. The molecule has 1 aromatic rings. The van der Waals surface area contributed by atoms with Gasteiger partial charge in [0, 0.05) is 17.2 Å². The van der Waals surface area contributed by atoms with Crippen LogP contribution in [0.3, 0.4) is 0 Å². The standard InChI is InChI=1S/C9H12BrN3O/c1-2-3-12-9(14)13-8-4-7(10)5-11-6-8/h4-6H,2-3H2,1H3,(H2,12,13,14). The Bertz CT molecular complexity index is 317. The number of rotatable bonds is 3. The molecule has 0 radical (unpaired) electrons. The fourth-order valence-electron chi connectivity index (χ4n) is 0.894. The lowest BCUT2D eigenvalue weighted by atomic mass is 10.4. The van der Waals surface area contributed by atoms with Crippen LogP contribution < -0.4 is 10.6 Å². The predicted octanol–water partition coefficient (Wildman–Crippen LogP) is 2.38. The number of nitrogens with one attached hydrogen (secondary N) is 2. The zero-order chi connectivity index (χ0) is 10.4. The Morgan fingerprint density at radius 1 is 1.57 bits per heavy atom. The lowest BCUT2D eigenvalue weighted by Crippen LogP contribution is -2.29. The summed E-state index contributed by atoms with van der Waals surface area (Å²) in [6.45, 7) is 2.67. The molecular weight excluding hydrogens is 246 g/mol. The van der Waals surface area contributed by atoms with Crippen LogP contribution in [0.2, 0.25) is 0 Å². The molecule has 0 fully saturated rings. The number of anilines is 1. The third-order valence-corrected chi connectivity index (χ3v) is 1.93. The minimum atomic E-state index is -0.202. The zero-order valence-corrected chi connectivity index (χ0v) is 9.47. The molecule has 1 rings (SSSR count). The van der Waals surface area contributed by atoms with Crippen LogP contribution in [0, 0.1) is 0 Å². The van der Waals surface area contributed by atoms with Crippen molar-refractivity contribution in [2.45, 2.75) is 13.3 Å². The molecule has 0 saturated carbocycles. The van der Waals surface area contributed by atoms with E-state index in [1.54, 1.807) is 18.5 Å². The maximum Gasteiger partial charge on any atom is 0.319 e. The van der Waals surface area contributed by atoms with Gasteiger partial charge in [0.05, 0.1) is 11.9 Å². The van der Waals surface area contributed by atoms with Crippen molar-refractivity contribution < 1.29 is 4.79 Å². The molecular formula is C9H12BrN3O. The molecule has 0 aliphatic heterocycles. The van der Waals surface area contributed by atoms with Crippen molar-refractivity contribution in [1.29, 1.82) is 0 Å². The van der Waals surface area contributed by atoms with Crippen LogP contribution in [0.1, 0.15) is 13.3 Å². The average Bonchev–Trinajstić information content (AvgIpc) is 2.15. The monoisotopic (exact) mass is 257 g/mol. The Morgan fingerprint density at radius 2 is 2.36 bits per heavy atom. The second-order valence-corrected chi connectivity index (χ2v) is 3.69. The smallest absolute Gasteiger partial charge is 0.319 e. The molecule has 5 heteroatoms. The predicted molar refractivity (Wildman–Crippen MR) is 59.2 cm³/mol. The van der Waals surface area contributed by atoms with E-state index in [4.69, 9.17) is 0 Å². The van der Waals surface area contributed by atoms with Crippen LogP contribution >= 0.6 is 15.9 Å². The van der Waals surface area contributed by atoms with Crippen LogP contribution in [0.5, 0.6) is 0 Å². The van der Waals surface area contributed by atoms with Crippen molar-refractivity contribution in [3.8, 4) is 0 Å². The highest BCUT2D eigenvalue weighted by Crippen LogP contribution is 2.13. The highest BCUT2D eigenvalue weighted by atomic mass is 79.9. The van der Waals surface area contributed by atoms with Gasteiger partial charge in [0.1, 0.15) is 0 Å². The summed E-state index contributed by atoms with van der Waals surface area (Å²) in [5.41, 5.74) is 0.674. The summed E-state index contributed by atoms with van der Waals surface area (Å²) < 4.78 is 0.839. The number of pyridine rings is 1. The molecule has 2 amide bonds. The van der Waals surface area contributed by atoms with Crippen LogP contribution in [0.4, 0.5) is 10.5 Å². The quantitative estimate of drug-likeness (QED) is 0.874. The minimum Gasteiger partial charge on any atom is -0.338 e. The van der Waals surface area contributed by atoms with Crippen molar-refractivity contribution in [3.63, 3.8) is 0 Å². The number of hydrogen-bond acceptors (Lipinski definition) is 2. The van der Waals surface area contributed by atoms with Gasteiger partial charge in [0.2, 0.25) is 0 Å². The van der Waals surface area contributed by atoms with E-state index in [0.717, 1.165) is 10.9 Å². The fraction of sp³-hybridized carbons (Fsp3) is 0.333. The zero-order valence-electron chi connectivity index (χ0n) is 7.88. The van der Waals surface area contributed by atoms with Gasteiger partial charge in [-0.1, -0.05) is 6.92 Å². The third kappa shape index (κ3) is 3.74. The van der Waals surface area contributed by atoms with Gasteiger partial charge in [0.15, 0.2) is 0 Å². The molecule has 1 aromatic heterocycles. The van der Waals surface area contributed by atoms with Gasteiger partial charge in [-0.05, 0) is 28.4 Å². The molecule has 0 atom stereocenters. The summed E-state index contributed by atoms with van der Waals surface area (Å²) in [6, 6.07) is 1.59. The second-order valence-electron chi connectivity index (χ2n) is 2.77. The Hall–Kier alpha value is -1.10. The number of hydrogen-bond donors (Lipinski definition) is 2. The Labute approximate surface area is 91.2 Å². The first kappa shape index (κ1) is 11.0. The van der Waals surface area contributed by atoms with Crippen LogP contribution in [-0.2, 0) is 0 Å². The van der Waals surface area contributed by atoms with E-state index in [1.807, 2.05) is 6.92 Å². The van der Waals surface area contributed by atoms with Crippen molar-refractivity contribution in [1.82, 2.24) is 10.3 Å².